The molecule has 0 saturated heterocycles. The first-order valence-electron chi connectivity index (χ1n) is 4.97. The number of halogens is 3. The first-order chi connectivity index (χ1) is 7.59. The Morgan fingerprint density at radius 1 is 1.00 bits per heavy atom. The standard InChI is InChI=1S/C12H9F3O/c13-9-4-5-10(14)12(15)11(9)7-2-1-3-8(16)6-7/h4-6H,1-3H2. The Labute approximate surface area is 90.6 Å². The van der Waals surface area contributed by atoms with Crippen molar-refractivity contribution in [1.29, 1.82) is 0 Å². The molecule has 16 heavy (non-hydrogen) atoms. The van der Waals surface area contributed by atoms with E-state index in [-0.39, 0.29) is 11.4 Å². The van der Waals surface area contributed by atoms with E-state index in [1.807, 2.05) is 0 Å². The van der Waals surface area contributed by atoms with Crippen LogP contribution in [-0.2, 0) is 4.79 Å². The number of hydrogen-bond donors (Lipinski definition) is 0. The lowest BCUT2D eigenvalue weighted by Crippen LogP contribution is -2.06. The molecule has 0 heterocycles. The van der Waals surface area contributed by atoms with Gasteiger partial charge in [-0.2, -0.15) is 0 Å². The van der Waals surface area contributed by atoms with E-state index in [1.54, 1.807) is 0 Å². The van der Waals surface area contributed by atoms with Gasteiger partial charge < -0.3 is 0 Å². The molecule has 0 aromatic heterocycles. The van der Waals surface area contributed by atoms with Gasteiger partial charge >= 0.3 is 0 Å². The van der Waals surface area contributed by atoms with Gasteiger partial charge in [0.1, 0.15) is 5.82 Å². The first kappa shape index (κ1) is 10.9. The topological polar surface area (TPSA) is 17.1 Å². The van der Waals surface area contributed by atoms with Crippen LogP contribution < -0.4 is 0 Å². The van der Waals surface area contributed by atoms with E-state index in [9.17, 15) is 18.0 Å². The quantitative estimate of drug-likeness (QED) is 0.672. The summed E-state index contributed by atoms with van der Waals surface area (Å²) in [5.41, 5.74) is -0.168. The molecule has 0 unspecified atom stereocenters. The molecule has 0 aliphatic heterocycles. The predicted octanol–water partition coefficient (Wildman–Crippen LogP) is 3.24. The zero-order chi connectivity index (χ0) is 11.7. The maximum absolute atomic E-state index is 13.4. The van der Waals surface area contributed by atoms with Crippen molar-refractivity contribution < 1.29 is 18.0 Å². The summed E-state index contributed by atoms with van der Waals surface area (Å²) in [7, 11) is 0. The molecule has 84 valence electrons. The summed E-state index contributed by atoms with van der Waals surface area (Å²) in [5.74, 6) is -3.33. The van der Waals surface area contributed by atoms with Gasteiger partial charge in [-0.15, -0.1) is 0 Å². The minimum atomic E-state index is -1.22. The van der Waals surface area contributed by atoms with Gasteiger partial charge in [0.15, 0.2) is 17.4 Å². The van der Waals surface area contributed by atoms with Gasteiger partial charge in [0.05, 0.1) is 5.56 Å². The third-order valence-electron chi connectivity index (χ3n) is 2.57. The summed E-state index contributed by atoms with van der Waals surface area (Å²) in [5, 5.41) is 0. The van der Waals surface area contributed by atoms with Gasteiger partial charge in [-0.25, -0.2) is 13.2 Å². The van der Waals surface area contributed by atoms with Gasteiger partial charge in [0.2, 0.25) is 0 Å². The van der Waals surface area contributed by atoms with Crippen molar-refractivity contribution >= 4 is 11.4 Å². The molecule has 0 atom stereocenters. The molecule has 4 heteroatoms. The SMILES string of the molecule is O=C1C=C(c2c(F)ccc(F)c2F)CCC1. The third-order valence-corrected chi connectivity index (χ3v) is 2.57. The summed E-state index contributed by atoms with van der Waals surface area (Å²) in [6.07, 6.45) is 2.51. The Hall–Kier alpha value is -1.58. The molecular weight excluding hydrogens is 217 g/mol. The maximum atomic E-state index is 13.4. The van der Waals surface area contributed by atoms with Crippen molar-refractivity contribution in [3.63, 3.8) is 0 Å². The van der Waals surface area contributed by atoms with E-state index in [4.69, 9.17) is 0 Å². The highest BCUT2D eigenvalue weighted by molar-refractivity contribution is 5.98. The second kappa shape index (κ2) is 4.12. The highest BCUT2D eigenvalue weighted by Crippen LogP contribution is 2.30. The van der Waals surface area contributed by atoms with Gasteiger partial charge in [-0.05, 0) is 36.6 Å². The van der Waals surface area contributed by atoms with Crippen molar-refractivity contribution in [2.24, 2.45) is 0 Å². The summed E-state index contributed by atoms with van der Waals surface area (Å²) < 4.78 is 39.7. The number of carbonyl (C=O) groups excluding carboxylic acids is 1. The van der Waals surface area contributed by atoms with Crippen LogP contribution in [0.2, 0.25) is 0 Å². The zero-order valence-electron chi connectivity index (χ0n) is 8.40. The normalized spacial score (nSPS) is 16.2. The second-order valence-electron chi connectivity index (χ2n) is 3.71. The van der Waals surface area contributed by atoms with Crippen LogP contribution in [0.4, 0.5) is 13.2 Å². The first-order valence-corrected chi connectivity index (χ1v) is 4.97. The monoisotopic (exact) mass is 226 g/mol. The van der Waals surface area contributed by atoms with Gasteiger partial charge in [-0.1, -0.05) is 0 Å². The van der Waals surface area contributed by atoms with E-state index >= 15 is 0 Å². The molecular formula is C12H9F3O. The average molecular weight is 226 g/mol. The van der Waals surface area contributed by atoms with E-state index in [0.29, 0.717) is 19.3 Å². The molecule has 0 N–H and O–H groups in total. The fourth-order valence-corrected chi connectivity index (χ4v) is 1.81. The lowest BCUT2D eigenvalue weighted by Gasteiger charge is -2.13. The Balaban J connectivity index is 2.55. The maximum Gasteiger partial charge on any atom is 0.169 e. The molecule has 1 aliphatic rings. The van der Waals surface area contributed by atoms with Gasteiger partial charge in [0, 0.05) is 6.42 Å². The second-order valence-corrected chi connectivity index (χ2v) is 3.71. The molecule has 1 aromatic rings. The van der Waals surface area contributed by atoms with Crippen LogP contribution in [0.5, 0.6) is 0 Å². The van der Waals surface area contributed by atoms with Gasteiger partial charge in [0.25, 0.3) is 0 Å². The van der Waals surface area contributed by atoms with E-state index in [0.717, 1.165) is 12.1 Å². The molecule has 0 amide bonds. The number of rotatable bonds is 1. The fraction of sp³-hybridized carbons (Fsp3) is 0.250. The summed E-state index contributed by atoms with van der Waals surface area (Å²) in [4.78, 5) is 11.1. The van der Waals surface area contributed by atoms with Crippen LogP contribution in [0.1, 0.15) is 24.8 Å². The minimum absolute atomic E-state index is 0.177. The van der Waals surface area contributed by atoms with Crippen LogP contribution in [-0.4, -0.2) is 5.78 Å². The van der Waals surface area contributed by atoms with Crippen LogP contribution in [0.15, 0.2) is 18.2 Å². The number of ketones is 1. The Bertz CT molecular complexity index is 477. The minimum Gasteiger partial charge on any atom is -0.295 e. The van der Waals surface area contributed by atoms with Crippen molar-refractivity contribution in [3.8, 4) is 0 Å². The molecule has 1 aromatic carbocycles. The van der Waals surface area contributed by atoms with E-state index in [2.05, 4.69) is 0 Å². The lowest BCUT2D eigenvalue weighted by molar-refractivity contribution is -0.114. The highest BCUT2D eigenvalue weighted by Gasteiger charge is 2.20. The van der Waals surface area contributed by atoms with Crippen molar-refractivity contribution in [2.75, 3.05) is 0 Å². The predicted molar refractivity (Wildman–Crippen MR) is 53.2 cm³/mol. The molecule has 0 spiro atoms. The van der Waals surface area contributed by atoms with Crippen molar-refractivity contribution in [3.05, 3.63) is 41.2 Å². The van der Waals surface area contributed by atoms with Crippen LogP contribution in [0, 0.1) is 17.5 Å². The number of carbonyl (C=O) groups is 1. The summed E-state index contributed by atoms with van der Waals surface area (Å²) in [6.45, 7) is 0. The lowest BCUT2D eigenvalue weighted by atomic mass is 9.92. The molecule has 1 aliphatic carbocycles. The number of hydrogen-bond acceptors (Lipinski definition) is 1. The molecule has 0 fully saturated rings. The molecule has 0 radical (unpaired) electrons. The average Bonchev–Trinajstić information content (AvgIpc) is 2.24. The van der Waals surface area contributed by atoms with Crippen molar-refractivity contribution in [2.45, 2.75) is 19.3 Å². The van der Waals surface area contributed by atoms with Crippen molar-refractivity contribution in [1.82, 2.24) is 0 Å². The third kappa shape index (κ3) is 1.87. The van der Waals surface area contributed by atoms with Gasteiger partial charge in [-0.3, -0.25) is 4.79 Å². The Kier molecular flexibility index (Phi) is 2.81. The molecule has 1 nitrogen and oxygen atoms in total. The Morgan fingerprint density at radius 3 is 2.38 bits per heavy atom. The zero-order valence-corrected chi connectivity index (χ0v) is 8.40. The van der Waals surface area contributed by atoms with E-state index in [1.165, 1.54) is 6.08 Å². The Morgan fingerprint density at radius 2 is 1.69 bits per heavy atom. The number of allylic oxidation sites excluding steroid dienone is 2. The molecule has 0 bridgehead atoms. The van der Waals surface area contributed by atoms with Crippen LogP contribution >= 0.6 is 0 Å². The smallest absolute Gasteiger partial charge is 0.169 e. The number of benzene rings is 1. The largest absolute Gasteiger partial charge is 0.295 e. The summed E-state index contributed by atoms with van der Waals surface area (Å²) >= 11 is 0. The fourth-order valence-electron chi connectivity index (χ4n) is 1.81. The molecule has 0 saturated carbocycles. The van der Waals surface area contributed by atoms with Crippen LogP contribution in [0.3, 0.4) is 0 Å². The highest BCUT2D eigenvalue weighted by atomic mass is 19.2. The van der Waals surface area contributed by atoms with Crippen LogP contribution in [0.25, 0.3) is 5.57 Å². The van der Waals surface area contributed by atoms with E-state index < -0.39 is 23.0 Å². The summed E-state index contributed by atoms with van der Waals surface area (Å²) in [6, 6.07) is 1.60. The molecule has 2 rings (SSSR count).